The summed E-state index contributed by atoms with van der Waals surface area (Å²) in [4.78, 5) is 82.7. The molecular formula is C62H70N2O14S. The normalized spacial score (nSPS) is 17.0. The Morgan fingerprint density at radius 3 is 1.59 bits per heavy atom. The van der Waals surface area contributed by atoms with Crippen LogP contribution in [0.2, 0.25) is 0 Å². The first-order valence-electron chi connectivity index (χ1n) is 27.2. The number of carbonyl (C=O) groups is 6. The fourth-order valence-electron chi connectivity index (χ4n) is 9.11. The maximum absolute atomic E-state index is 14.0. The molecule has 17 heteroatoms. The Balaban J connectivity index is 0.865. The molecule has 0 radical (unpaired) electrons. The van der Waals surface area contributed by atoms with Crippen LogP contribution in [-0.4, -0.2) is 86.5 Å². The molecule has 4 aromatic carbocycles. The van der Waals surface area contributed by atoms with Crippen LogP contribution in [0.5, 0.6) is 23.0 Å². The summed E-state index contributed by atoms with van der Waals surface area (Å²) >= 11 is 1.53. The van der Waals surface area contributed by atoms with Crippen LogP contribution in [0.3, 0.4) is 0 Å². The average Bonchev–Trinajstić information content (AvgIpc) is 3.92. The number of fused-ring (bicyclic) bond motifs is 1. The Bertz CT molecular complexity index is 2830. The molecule has 5 aromatic rings. The van der Waals surface area contributed by atoms with E-state index in [0.29, 0.717) is 106 Å². The molecule has 0 saturated heterocycles. The number of thiazole rings is 1. The number of aromatic nitrogens is 1. The van der Waals surface area contributed by atoms with E-state index in [4.69, 9.17) is 42.9 Å². The molecule has 16 nitrogen and oxygen atoms in total. The third kappa shape index (κ3) is 19.0. The Labute approximate surface area is 465 Å². The monoisotopic (exact) mass is 1100 g/mol. The van der Waals surface area contributed by atoms with Gasteiger partial charge in [0.15, 0.2) is 5.13 Å². The molecule has 7 rings (SSSR count). The highest BCUT2D eigenvalue weighted by atomic mass is 32.1. The first-order valence-corrected chi connectivity index (χ1v) is 28.1. The van der Waals surface area contributed by atoms with E-state index in [1.165, 1.54) is 11.3 Å². The molecule has 0 amide bonds. The van der Waals surface area contributed by atoms with Gasteiger partial charge in [0.2, 0.25) is 0 Å². The van der Waals surface area contributed by atoms with Gasteiger partial charge in [-0.3, -0.25) is 9.59 Å². The second kappa shape index (κ2) is 31.0. The summed E-state index contributed by atoms with van der Waals surface area (Å²) in [6.45, 7) is 8.58. The Hall–Kier alpha value is -7.79. The summed E-state index contributed by atoms with van der Waals surface area (Å²) in [5.74, 6) is -1.31. The van der Waals surface area contributed by atoms with E-state index in [1.54, 1.807) is 79.0 Å². The van der Waals surface area contributed by atoms with E-state index < -0.39 is 41.9 Å². The fourth-order valence-corrected chi connectivity index (χ4v) is 10.0. The van der Waals surface area contributed by atoms with E-state index in [-0.39, 0.29) is 29.3 Å². The van der Waals surface area contributed by atoms with Crippen molar-refractivity contribution >= 4 is 68.6 Å². The Morgan fingerprint density at radius 2 is 1.05 bits per heavy atom. The van der Waals surface area contributed by atoms with E-state index >= 15 is 0 Å². The highest BCUT2D eigenvalue weighted by molar-refractivity contribution is 7.22. The lowest BCUT2D eigenvalue weighted by Crippen LogP contribution is -2.30. The maximum atomic E-state index is 14.0. The number of hydrogen-bond donors (Lipinski definition) is 0. The zero-order chi connectivity index (χ0) is 55.8. The number of carbonyl (C=O) groups excluding carboxylic acids is 6. The zero-order valence-corrected chi connectivity index (χ0v) is 45.7. The maximum Gasteiger partial charge on any atom is 0.339 e. The first-order chi connectivity index (χ1) is 38.4. The second-order valence-electron chi connectivity index (χ2n) is 19.5. The number of para-hydroxylation sites is 1. The Kier molecular flexibility index (Phi) is 23.1. The minimum Gasteiger partial charge on any atom is -0.494 e. The Morgan fingerprint density at radius 1 is 0.570 bits per heavy atom. The quantitative estimate of drug-likeness (QED) is 0.0144. The summed E-state index contributed by atoms with van der Waals surface area (Å²) < 4.78 is 46.3. The third-order valence-electron chi connectivity index (χ3n) is 13.7. The molecular weight excluding hydrogens is 1030 g/mol. The van der Waals surface area contributed by atoms with E-state index in [2.05, 4.69) is 13.2 Å². The predicted octanol–water partition coefficient (Wildman–Crippen LogP) is 12.4. The highest BCUT2D eigenvalue weighted by Gasteiger charge is 2.32. The number of anilines is 1. The molecule has 0 bridgehead atoms. The minimum atomic E-state index is -0.539. The standard InChI is InChI=1S/C62H70N2O14S/c1-4-56(65)73-40-14-8-6-12-38-71-47-24-18-43(19-25-47)58(67)75-49-26-20-45(21-27-49)60(69)78-52-34-35-53(46(42-52)36-37-64(3)62-63-54-16-10-11-17-55(54)79-62)61(70)77-50-28-22-44(23-29-50)59(68)76-51-32-30-48(31-33-51)72-39-13-7-9-15-41-74-57(66)5-2/h4-5,10-11,16-19,24-25,30-37,42,44-45,49-50H,1-2,6-9,12-15,20-23,26-29,38-41H2,3H3/b37-36+/t44-,45-,49-,50-. The molecule has 418 valence electrons. The van der Waals surface area contributed by atoms with Crippen molar-refractivity contribution in [1.29, 1.82) is 0 Å². The van der Waals surface area contributed by atoms with Crippen molar-refractivity contribution in [1.82, 2.24) is 4.98 Å². The summed E-state index contributed by atoms with van der Waals surface area (Å²) in [7, 11) is 1.87. The van der Waals surface area contributed by atoms with Crippen molar-refractivity contribution in [2.75, 3.05) is 38.4 Å². The van der Waals surface area contributed by atoms with Gasteiger partial charge in [-0.05, 0) is 193 Å². The molecule has 2 saturated carbocycles. The molecule has 0 unspecified atom stereocenters. The number of hydrogen-bond acceptors (Lipinski definition) is 17. The van der Waals surface area contributed by atoms with Crippen molar-refractivity contribution < 1.29 is 66.7 Å². The van der Waals surface area contributed by atoms with Crippen LogP contribution in [0.15, 0.2) is 123 Å². The number of unbranched alkanes of at least 4 members (excludes halogenated alkanes) is 6. The van der Waals surface area contributed by atoms with Gasteiger partial charge in [-0.25, -0.2) is 24.2 Å². The van der Waals surface area contributed by atoms with Gasteiger partial charge in [0.25, 0.3) is 0 Å². The molecule has 0 aliphatic heterocycles. The van der Waals surface area contributed by atoms with Crippen molar-refractivity contribution in [2.45, 2.75) is 115 Å². The molecule has 2 aliphatic rings. The fraction of sp³-hybridized carbons (Fsp3) is 0.403. The van der Waals surface area contributed by atoms with Crippen molar-refractivity contribution in [3.8, 4) is 23.0 Å². The predicted molar refractivity (Wildman–Crippen MR) is 300 cm³/mol. The van der Waals surface area contributed by atoms with Gasteiger partial charge in [0.1, 0.15) is 35.2 Å². The molecule has 1 heterocycles. The number of nitrogens with zero attached hydrogens (tertiary/aromatic N) is 2. The largest absolute Gasteiger partial charge is 0.494 e. The van der Waals surface area contributed by atoms with Gasteiger partial charge in [-0.1, -0.05) is 36.6 Å². The molecule has 0 N–H and O–H groups in total. The van der Waals surface area contributed by atoms with E-state index in [1.807, 2.05) is 36.2 Å². The summed E-state index contributed by atoms with van der Waals surface area (Å²) in [6, 6.07) is 26.5. The van der Waals surface area contributed by atoms with Gasteiger partial charge >= 0.3 is 35.8 Å². The lowest BCUT2D eigenvalue weighted by atomic mass is 9.87. The number of benzene rings is 4. The van der Waals surface area contributed by atoms with E-state index in [0.717, 1.165) is 78.9 Å². The molecule has 0 atom stereocenters. The number of rotatable bonds is 29. The molecule has 79 heavy (non-hydrogen) atoms. The van der Waals surface area contributed by atoms with Crippen molar-refractivity contribution in [3.63, 3.8) is 0 Å². The number of esters is 6. The smallest absolute Gasteiger partial charge is 0.339 e. The third-order valence-corrected chi connectivity index (χ3v) is 14.8. The van der Waals surface area contributed by atoms with Crippen molar-refractivity contribution in [3.05, 3.63) is 139 Å². The summed E-state index contributed by atoms with van der Waals surface area (Å²) in [5.41, 5.74) is 2.04. The van der Waals surface area contributed by atoms with Crippen LogP contribution >= 0.6 is 11.3 Å². The SMILES string of the molecule is C=CC(=O)OCCCCCCOc1ccc(OC(=O)[C@H]2CC[C@H](OC(=O)c3ccc(OC(=O)[C@H]4CC[C@H](OC(=O)c5ccc(OCCCCCCOC(=O)C=C)cc5)CC4)cc3/C=C/N(C)c3nc4ccccc4s3)CC2)cc1. The van der Waals surface area contributed by atoms with Gasteiger partial charge in [-0.2, -0.15) is 0 Å². The lowest BCUT2D eigenvalue weighted by molar-refractivity contribution is -0.141. The lowest BCUT2D eigenvalue weighted by Gasteiger charge is -2.27. The average molecular weight is 1100 g/mol. The van der Waals surface area contributed by atoms with Crippen LogP contribution < -0.4 is 23.8 Å². The zero-order valence-electron chi connectivity index (χ0n) is 44.9. The van der Waals surface area contributed by atoms with Crippen LogP contribution in [0.1, 0.15) is 129 Å². The highest BCUT2D eigenvalue weighted by Crippen LogP contribution is 2.33. The van der Waals surface area contributed by atoms with Crippen LogP contribution in [-0.2, 0) is 38.1 Å². The van der Waals surface area contributed by atoms with Crippen LogP contribution in [0.25, 0.3) is 16.3 Å². The van der Waals surface area contributed by atoms with Gasteiger partial charge < -0.3 is 42.8 Å². The van der Waals surface area contributed by atoms with E-state index in [9.17, 15) is 28.8 Å². The molecule has 2 aliphatic carbocycles. The molecule has 1 aromatic heterocycles. The second-order valence-corrected chi connectivity index (χ2v) is 20.5. The number of ether oxygens (including phenoxy) is 8. The molecule has 0 spiro atoms. The first kappa shape index (κ1) is 58.9. The topological polar surface area (TPSA) is 192 Å². The summed E-state index contributed by atoms with van der Waals surface area (Å²) in [6.07, 6.45) is 15.9. The molecule has 2 fully saturated rings. The van der Waals surface area contributed by atoms with Crippen molar-refractivity contribution in [2.24, 2.45) is 11.8 Å². The minimum absolute atomic E-state index is 0.267. The van der Waals surface area contributed by atoms with Gasteiger partial charge in [0.05, 0.1) is 59.6 Å². The van der Waals surface area contributed by atoms with Crippen LogP contribution in [0.4, 0.5) is 5.13 Å². The van der Waals surface area contributed by atoms with Gasteiger partial charge in [-0.15, -0.1) is 0 Å². The van der Waals surface area contributed by atoms with Crippen LogP contribution in [0, 0.1) is 11.8 Å². The van der Waals surface area contributed by atoms with Gasteiger partial charge in [0, 0.05) is 25.4 Å². The summed E-state index contributed by atoms with van der Waals surface area (Å²) in [5, 5.41) is 0.749.